The van der Waals surface area contributed by atoms with Crippen LogP contribution >= 0.6 is 0 Å². The van der Waals surface area contributed by atoms with Gasteiger partial charge >= 0.3 is 0 Å². The molecular weight excluding hydrogens is 242 g/mol. The highest BCUT2D eigenvalue weighted by atomic mass is 16.5. The summed E-state index contributed by atoms with van der Waals surface area (Å²) >= 11 is 0. The number of hydrogen-bond donors (Lipinski definition) is 0. The first-order valence-electron chi connectivity index (χ1n) is 6.43. The molecule has 0 spiro atoms. The zero-order valence-electron chi connectivity index (χ0n) is 12.0. The van der Waals surface area contributed by atoms with E-state index in [1.807, 2.05) is 18.2 Å². The summed E-state index contributed by atoms with van der Waals surface area (Å²) in [6.07, 6.45) is 0.619. The highest BCUT2D eigenvalue weighted by Crippen LogP contribution is 2.30. The first-order valence-corrected chi connectivity index (χ1v) is 6.43. The quantitative estimate of drug-likeness (QED) is 0.835. The van der Waals surface area contributed by atoms with Crippen molar-refractivity contribution in [3.05, 3.63) is 23.8 Å². The summed E-state index contributed by atoms with van der Waals surface area (Å²) in [7, 11) is 3.28. The van der Waals surface area contributed by atoms with Crippen LogP contribution in [0.15, 0.2) is 18.2 Å². The molecule has 104 valence electrons. The Morgan fingerprint density at radius 1 is 1.16 bits per heavy atom. The van der Waals surface area contributed by atoms with Crippen LogP contribution in [-0.4, -0.2) is 37.0 Å². The minimum atomic E-state index is -0.0760. The van der Waals surface area contributed by atoms with Crippen LogP contribution in [0.4, 0.5) is 0 Å². The average Bonchev–Trinajstić information content (AvgIpc) is 2.61. The van der Waals surface area contributed by atoms with E-state index in [0.29, 0.717) is 18.7 Å². The molecule has 0 bridgehead atoms. The minimum Gasteiger partial charge on any atom is -0.497 e. The molecule has 0 aromatic heterocycles. The monoisotopic (exact) mass is 263 g/mol. The standard InChI is InChI=1S/C15H21NO3/c1-15(2)8-12(17)10-16(15)9-11-5-13(18-3)7-14(6-11)19-4/h5-7H,8-10H2,1-4H3. The Morgan fingerprint density at radius 2 is 1.74 bits per heavy atom. The van der Waals surface area contributed by atoms with Gasteiger partial charge in [-0.2, -0.15) is 0 Å². The molecule has 0 unspecified atom stereocenters. The minimum absolute atomic E-state index is 0.0760. The lowest BCUT2D eigenvalue weighted by molar-refractivity contribution is -0.117. The van der Waals surface area contributed by atoms with E-state index in [9.17, 15) is 4.79 Å². The molecule has 1 aliphatic rings. The highest BCUT2D eigenvalue weighted by molar-refractivity contribution is 5.84. The second-order valence-electron chi connectivity index (χ2n) is 5.60. The third-order valence-corrected chi connectivity index (χ3v) is 3.64. The predicted molar refractivity (Wildman–Crippen MR) is 73.7 cm³/mol. The molecule has 4 nitrogen and oxygen atoms in total. The smallest absolute Gasteiger partial charge is 0.148 e. The number of nitrogens with zero attached hydrogens (tertiary/aromatic N) is 1. The molecular formula is C15H21NO3. The molecule has 0 atom stereocenters. The average molecular weight is 263 g/mol. The Morgan fingerprint density at radius 3 is 2.16 bits per heavy atom. The highest BCUT2D eigenvalue weighted by Gasteiger charge is 2.37. The van der Waals surface area contributed by atoms with E-state index in [1.165, 1.54) is 0 Å². The second kappa shape index (κ2) is 5.21. The fourth-order valence-electron chi connectivity index (χ4n) is 2.53. The molecule has 4 heteroatoms. The van der Waals surface area contributed by atoms with E-state index in [1.54, 1.807) is 14.2 Å². The van der Waals surface area contributed by atoms with Crippen molar-refractivity contribution in [3.8, 4) is 11.5 Å². The molecule has 19 heavy (non-hydrogen) atoms. The van der Waals surface area contributed by atoms with Crippen molar-refractivity contribution < 1.29 is 14.3 Å². The van der Waals surface area contributed by atoms with Crippen LogP contribution in [0.25, 0.3) is 0 Å². The zero-order valence-corrected chi connectivity index (χ0v) is 12.0. The summed E-state index contributed by atoms with van der Waals surface area (Å²) in [5, 5.41) is 0. The number of ketones is 1. The van der Waals surface area contributed by atoms with Crippen molar-refractivity contribution in [1.82, 2.24) is 4.90 Å². The lowest BCUT2D eigenvalue weighted by Crippen LogP contribution is -2.37. The van der Waals surface area contributed by atoms with Gasteiger partial charge in [0.05, 0.1) is 20.8 Å². The Bertz CT molecular complexity index is 460. The van der Waals surface area contributed by atoms with Crippen molar-refractivity contribution in [3.63, 3.8) is 0 Å². The van der Waals surface area contributed by atoms with Gasteiger partial charge in [-0.25, -0.2) is 0 Å². The van der Waals surface area contributed by atoms with Crippen molar-refractivity contribution in [1.29, 1.82) is 0 Å². The predicted octanol–water partition coefficient (Wildman–Crippen LogP) is 2.26. The van der Waals surface area contributed by atoms with Crippen LogP contribution in [0.1, 0.15) is 25.8 Å². The molecule has 0 saturated carbocycles. The number of benzene rings is 1. The Balaban J connectivity index is 2.21. The summed E-state index contributed by atoms with van der Waals surface area (Å²) in [6.45, 7) is 5.46. The van der Waals surface area contributed by atoms with Gasteiger partial charge in [0.2, 0.25) is 0 Å². The Hall–Kier alpha value is -1.55. The van der Waals surface area contributed by atoms with Gasteiger partial charge in [-0.15, -0.1) is 0 Å². The van der Waals surface area contributed by atoms with Crippen LogP contribution in [-0.2, 0) is 11.3 Å². The summed E-state index contributed by atoms with van der Waals surface area (Å²) in [5.74, 6) is 1.86. The SMILES string of the molecule is COc1cc(CN2CC(=O)CC2(C)C)cc(OC)c1. The summed E-state index contributed by atoms with van der Waals surface area (Å²) in [4.78, 5) is 13.8. The fourth-order valence-corrected chi connectivity index (χ4v) is 2.53. The van der Waals surface area contributed by atoms with Crippen molar-refractivity contribution in [2.75, 3.05) is 20.8 Å². The van der Waals surface area contributed by atoms with E-state index in [-0.39, 0.29) is 5.54 Å². The van der Waals surface area contributed by atoms with Gasteiger partial charge in [0.25, 0.3) is 0 Å². The summed E-state index contributed by atoms with van der Waals surface area (Å²) in [6, 6.07) is 5.83. The number of carbonyl (C=O) groups excluding carboxylic acids is 1. The van der Waals surface area contributed by atoms with Crippen molar-refractivity contribution in [2.24, 2.45) is 0 Å². The van der Waals surface area contributed by atoms with Crippen LogP contribution in [0.2, 0.25) is 0 Å². The van der Waals surface area contributed by atoms with Crippen molar-refractivity contribution >= 4 is 5.78 Å². The summed E-state index contributed by atoms with van der Waals surface area (Å²) < 4.78 is 10.5. The molecule has 0 amide bonds. The van der Waals surface area contributed by atoms with Gasteiger partial charge in [0, 0.05) is 24.6 Å². The third-order valence-electron chi connectivity index (χ3n) is 3.64. The summed E-state index contributed by atoms with van der Waals surface area (Å²) in [5.41, 5.74) is 1.02. The van der Waals surface area contributed by atoms with E-state index in [2.05, 4.69) is 18.7 Å². The van der Waals surface area contributed by atoms with Gasteiger partial charge in [0.1, 0.15) is 17.3 Å². The van der Waals surface area contributed by atoms with Crippen LogP contribution in [0, 0.1) is 0 Å². The number of hydrogen-bond acceptors (Lipinski definition) is 4. The van der Waals surface area contributed by atoms with Crippen LogP contribution < -0.4 is 9.47 Å². The topological polar surface area (TPSA) is 38.8 Å². The van der Waals surface area contributed by atoms with Gasteiger partial charge < -0.3 is 9.47 Å². The maximum absolute atomic E-state index is 11.6. The van der Waals surface area contributed by atoms with Gasteiger partial charge in [-0.05, 0) is 31.5 Å². The van der Waals surface area contributed by atoms with E-state index < -0.39 is 0 Å². The molecule has 1 aliphatic heterocycles. The number of likely N-dealkylation sites (tertiary alicyclic amines) is 1. The van der Waals surface area contributed by atoms with Crippen LogP contribution in [0.3, 0.4) is 0 Å². The zero-order chi connectivity index (χ0) is 14.0. The molecule has 0 N–H and O–H groups in total. The number of carbonyl (C=O) groups is 1. The van der Waals surface area contributed by atoms with Gasteiger partial charge in [-0.3, -0.25) is 9.69 Å². The van der Waals surface area contributed by atoms with Crippen LogP contribution in [0.5, 0.6) is 11.5 Å². The molecule has 2 rings (SSSR count). The molecule has 1 heterocycles. The van der Waals surface area contributed by atoms with E-state index in [4.69, 9.17) is 9.47 Å². The van der Waals surface area contributed by atoms with Gasteiger partial charge in [0.15, 0.2) is 0 Å². The lowest BCUT2D eigenvalue weighted by atomic mass is 10.0. The van der Waals surface area contributed by atoms with Gasteiger partial charge in [-0.1, -0.05) is 0 Å². The lowest BCUT2D eigenvalue weighted by Gasteiger charge is -2.30. The van der Waals surface area contributed by atoms with E-state index in [0.717, 1.165) is 23.6 Å². The maximum atomic E-state index is 11.6. The molecule has 1 saturated heterocycles. The number of ether oxygens (including phenoxy) is 2. The second-order valence-corrected chi connectivity index (χ2v) is 5.60. The molecule has 1 aromatic carbocycles. The normalized spacial score (nSPS) is 18.6. The maximum Gasteiger partial charge on any atom is 0.148 e. The largest absolute Gasteiger partial charge is 0.497 e. The molecule has 0 radical (unpaired) electrons. The molecule has 1 aromatic rings. The van der Waals surface area contributed by atoms with E-state index >= 15 is 0 Å². The number of methoxy groups -OCH3 is 2. The fraction of sp³-hybridized carbons (Fsp3) is 0.533. The molecule has 0 aliphatic carbocycles. The molecule has 1 fully saturated rings. The first-order chi connectivity index (χ1) is 8.94. The number of rotatable bonds is 4. The number of Topliss-reactive ketones (excluding diaryl/α,β-unsaturated/α-hetero) is 1. The Labute approximate surface area is 114 Å². The van der Waals surface area contributed by atoms with Crippen molar-refractivity contribution in [2.45, 2.75) is 32.4 Å². The third kappa shape index (κ3) is 3.07. The Kier molecular flexibility index (Phi) is 3.80. The first kappa shape index (κ1) is 13.9.